The number of unbranched alkanes of at least 4 members (excludes halogenated alkanes) is 2. The van der Waals surface area contributed by atoms with Gasteiger partial charge in [0.1, 0.15) is 5.82 Å². The zero-order chi connectivity index (χ0) is 23.2. The highest BCUT2D eigenvalue weighted by molar-refractivity contribution is 5.37. The largest absolute Gasteiger partial charge is 0.373 e. The third-order valence-electron chi connectivity index (χ3n) is 9.75. The molecule has 2 aliphatic carbocycles. The van der Waals surface area contributed by atoms with Crippen LogP contribution in [0.4, 0.5) is 4.39 Å². The Morgan fingerprint density at radius 2 is 1.45 bits per heavy atom. The van der Waals surface area contributed by atoms with Gasteiger partial charge < -0.3 is 4.74 Å². The van der Waals surface area contributed by atoms with Gasteiger partial charge in [-0.1, -0.05) is 70.9 Å². The maximum atomic E-state index is 15.5. The molecule has 0 radical (unpaired) electrons. The minimum Gasteiger partial charge on any atom is -0.373 e. The van der Waals surface area contributed by atoms with E-state index >= 15 is 4.39 Å². The average molecular weight is 457 g/mol. The van der Waals surface area contributed by atoms with E-state index in [1.165, 1.54) is 95.5 Å². The first-order chi connectivity index (χ1) is 16.1. The van der Waals surface area contributed by atoms with Crippen molar-refractivity contribution in [2.45, 2.75) is 129 Å². The molecule has 0 bridgehead atoms. The van der Waals surface area contributed by atoms with Crippen molar-refractivity contribution in [3.63, 3.8) is 0 Å². The summed E-state index contributed by atoms with van der Waals surface area (Å²) in [6.45, 7) is 7.46. The number of benzene rings is 1. The van der Waals surface area contributed by atoms with E-state index < -0.39 is 0 Å². The highest BCUT2D eigenvalue weighted by Crippen LogP contribution is 2.43. The van der Waals surface area contributed by atoms with Gasteiger partial charge in [0.2, 0.25) is 0 Å². The Morgan fingerprint density at radius 3 is 2.09 bits per heavy atom. The zero-order valence-electron chi connectivity index (χ0n) is 21.7. The lowest BCUT2D eigenvalue weighted by molar-refractivity contribution is -0.0418. The lowest BCUT2D eigenvalue weighted by Gasteiger charge is -2.38. The van der Waals surface area contributed by atoms with Crippen molar-refractivity contribution in [3.8, 4) is 0 Å². The molecule has 33 heavy (non-hydrogen) atoms. The molecule has 1 saturated heterocycles. The fraction of sp³-hybridized carbons (Fsp3) is 0.806. The van der Waals surface area contributed by atoms with Crippen LogP contribution in [0.3, 0.4) is 0 Å². The highest BCUT2D eigenvalue weighted by Gasteiger charge is 2.33. The van der Waals surface area contributed by atoms with Gasteiger partial charge in [-0.3, -0.25) is 0 Å². The molecule has 1 aliphatic heterocycles. The van der Waals surface area contributed by atoms with Crippen molar-refractivity contribution in [2.24, 2.45) is 23.7 Å². The molecule has 0 N–H and O–H groups in total. The maximum Gasteiger partial charge on any atom is 0.132 e. The molecule has 4 rings (SSSR count). The first-order valence-electron chi connectivity index (χ1n) is 14.5. The van der Waals surface area contributed by atoms with Crippen LogP contribution in [-0.2, 0) is 4.74 Å². The van der Waals surface area contributed by atoms with Crippen molar-refractivity contribution in [2.75, 3.05) is 6.61 Å². The van der Waals surface area contributed by atoms with E-state index in [9.17, 15) is 0 Å². The molecule has 2 unspecified atom stereocenters. The Balaban J connectivity index is 1.30. The van der Waals surface area contributed by atoms with Crippen LogP contribution in [0.25, 0.3) is 0 Å². The molecule has 2 atom stereocenters. The Labute approximate surface area is 203 Å². The Morgan fingerprint density at radius 1 is 0.788 bits per heavy atom. The summed E-state index contributed by atoms with van der Waals surface area (Å²) in [7, 11) is 0. The van der Waals surface area contributed by atoms with Crippen LogP contribution in [0.2, 0.25) is 0 Å². The van der Waals surface area contributed by atoms with Crippen molar-refractivity contribution < 1.29 is 9.13 Å². The molecule has 0 aromatic heterocycles. The molecule has 1 heterocycles. The van der Waals surface area contributed by atoms with Crippen LogP contribution in [-0.4, -0.2) is 6.61 Å². The predicted octanol–water partition coefficient (Wildman–Crippen LogP) is 9.67. The summed E-state index contributed by atoms with van der Waals surface area (Å²) in [5, 5.41) is 0. The zero-order valence-corrected chi connectivity index (χ0v) is 21.7. The summed E-state index contributed by atoms with van der Waals surface area (Å²) in [5.41, 5.74) is 2.98. The van der Waals surface area contributed by atoms with Gasteiger partial charge in [0.25, 0.3) is 0 Å². The molecule has 2 heteroatoms. The quantitative estimate of drug-likeness (QED) is 0.354. The van der Waals surface area contributed by atoms with E-state index in [0.29, 0.717) is 11.8 Å². The first kappa shape index (κ1) is 25.2. The van der Waals surface area contributed by atoms with E-state index in [0.717, 1.165) is 41.9 Å². The maximum absolute atomic E-state index is 15.5. The molecule has 186 valence electrons. The topological polar surface area (TPSA) is 9.23 Å². The minimum atomic E-state index is -0.0460. The third-order valence-corrected chi connectivity index (χ3v) is 9.75. The second-order valence-corrected chi connectivity index (χ2v) is 11.7. The summed E-state index contributed by atoms with van der Waals surface area (Å²) >= 11 is 0. The first-order valence-corrected chi connectivity index (χ1v) is 14.5. The summed E-state index contributed by atoms with van der Waals surface area (Å²) in [4.78, 5) is 0. The lowest BCUT2D eigenvalue weighted by atomic mass is 9.73. The van der Waals surface area contributed by atoms with Crippen LogP contribution >= 0.6 is 0 Å². The molecule has 1 nitrogen and oxygen atoms in total. The van der Waals surface area contributed by atoms with Crippen LogP contribution in [0.1, 0.15) is 139 Å². The second-order valence-electron chi connectivity index (χ2n) is 11.7. The van der Waals surface area contributed by atoms with Gasteiger partial charge in [0.05, 0.1) is 12.7 Å². The van der Waals surface area contributed by atoms with E-state index in [1.54, 1.807) is 0 Å². The molecular weight excluding hydrogens is 407 g/mol. The van der Waals surface area contributed by atoms with Crippen molar-refractivity contribution in [1.82, 2.24) is 0 Å². The van der Waals surface area contributed by atoms with Crippen LogP contribution in [0, 0.1) is 36.4 Å². The van der Waals surface area contributed by atoms with Gasteiger partial charge in [-0.05, 0) is 99.0 Å². The van der Waals surface area contributed by atoms with Crippen LogP contribution in [0.15, 0.2) is 12.1 Å². The molecule has 3 fully saturated rings. The summed E-state index contributed by atoms with van der Waals surface area (Å²) in [6, 6.07) is 4.32. The van der Waals surface area contributed by atoms with Gasteiger partial charge in [-0.15, -0.1) is 0 Å². The number of ether oxygens (including phenoxy) is 1. The molecule has 2 saturated carbocycles. The Hall–Kier alpha value is -0.890. The monoisotopic (exact) mass is 456 g/mol. The molecule has 3 aliphatic rings. The van der Waals surface area contributed by atoms with E-state index in [2.05, 4.69) is 26.0 Å². The molecule has 0 spiro atoms. The minimum absolute atomic E-state index is 0.0180. The normalized spacial score (nSPS) is 33.2. The average Bonchev–Trinajstić information content (AvgIpc) is 2.87. The predicted molar refractivity (Wildman–Crippen MR) is 137 cm³/mol. The number of rotatable bonds is 8. The number of hydrogen-bond donors (Lipinski definition) is 0. The van der Waals surface area contributed by atoms with E-state index in [-0.39, 0.29) is 11.9 Å². The standard InChI is InChI=1S/C31H49FO/c1-4-6-7-8-24-11-15-26(16-12-24)28-18-19-29(31(32)22(28)3)30-20-17-27(21-33-30)25-13-9-23(5-2)10-14-25/h18-19,23-27,30H,4-17,20-21H2,1-3H3. The summed E-state index contributed by atoms with van der Waals surface area (Å²) in [5.74, 6) is 3.94. The van der Waals surface area contributed by atoms with Gasteiger partial charge in [-0.2, -0.15) is 0 Å². The van der Waals surface area contributed by atoms with Crippen molar-refractivity contribution in [3.05, 3.63) is 34.6 Å². The highest BCUT2D eigenvalue weighted by atomic mass is 19.1. The van der Waals surface area contributed by atoms with Crippen molar-refractivity contribution >= 4 is 0 Å². The van der Waals surface area contributed by atoms with Gasteiger partial charge in [-0.25, -0.2) is 4.39 Å². The van der Waals surface area contributed by atoms with Gasteiger partial charge >= 0.3 is 0 Å². The van der Waals surface area contributed by atoms with E-state index in [4.69, 9.17) is 4.74 Å². The second kappa shape index (κ2) is 12.2. The molecule has 0 amide bonds. The fourth-order valence-corrected chi connectivity index (χ4v) is 7.31. The summed E-state index contributed by atoms with van der Waals surface area (Å²) < 4.78 is 21.9. The molecular formula is C31H49FO. The van der Waals surface area contributed by atoms with Crippen LogP contribution < -0.4 is 0 Å². The third kappa shape index (κ3) is 6.22. The molecule has 1 aromatic carbocycles. The number of hydrogen-bond acceptors (Lipinski definition) is 1. The summed E-state index contributed by atoms with van der Waals surface area (Å²) in [6.07, 6.45) is 19.6. The number of halogens is 1. The van der Waals surface area contributed by atoms with Crippen LogP contribution in [0.5, 0.6) is 0 Å². The van der Waals surface area contributed by atoms with Gasteiger partial charge in [0, 0.05) is 5.56 Å². The van der Waals surface area contributed by atoms with E-state index in [1.807, 2.05) is 6.92 Å². The Kier molecular flexibility index (Phi) is 9.31. The Bertz CT molecular complexity index is 719. The fourth-order valence-electron chi connectivity index (χ4n) is 7.31. The molecule has 1 aromatic rings. The smallest absolute Gasteiger partial charge is 0.132 e. The van der Waals surface area contributed by atoms with Gasteiger partial charge in [0.15, 0.2) is 0 Å². The van der Waals surface area contributed by atoms with Crippen molar-refractivity contribution in [1.29, 1.82) is 0 Å². The lowest BCUT2D eigenvalue weighted by Crippen LogP contribution is -2.30. The SMILES string of the molecule is CCCCCC1CCC(c2ccc(C3CCC(C4CCC(CC)CC4)CO3)c(F)c2C)CC1.